The van der Waals surface area contributed by atoms with E-state index in [9.17, 15) is 8.78 Å². The molecular weight excluding hydrogens is 374 g/mol. The molecule has 0 N–H and O–H groups in total. The summed E-state index contributed by atoms with van der Waals surface area (Å²) < 4.78 is 27.1. The van der Waals surface area contributed by atoms with E-state index < -0.39 is 16.7 Å². The van der Waals surface area contributed by atoms with Gasteiger partial charge in [-0.15, -0.1) is 0 Å². The van der Waals surface area contributed by atoms with Crippen LogP contribution in [-0.2, 0) is 19.3 Å². The lowest BCUT2D eigenvalue weighted by atomic mass is 9.84. The molecule has 0 nitrogen and oxygen atoms in total. The monoisotopic (exact) mass is 392 g/mol. The smallest absolute Gasteiger partial charge is 0.146 e. The van der Waals surface area contributed by atoms with Gasteiger partial charge in [-0.25, -0.2) is 8.78 Å². The summed E-state index contributed by atoms with van der Waals surface area (Å²) in [6.45, 7) is 2.20. The Hall–Kier alpha value is -2.63. The second kappa shape index (κ2) is 7.78. The summed E-state index contributed by atoms with van der Waals surface area (Å²) in [6, 6.07) is 15.2. The van der Waals surface area contributed by atoms with Gasteiger partial charge in [0.25, 0.3) is 0 Å². The lowest BCUT2D eigenvalue weighted by molar-refractivity contribution is 0.583. The summed E-state index contributed by atoms with van der Waals surface area (Å²) in [6.07, 6.45) is 4.25. The minimum absolute atomic E-state index is 0.269. The van der Waals surface area contributed by atoms with E-state index in [2.05, 4.69) is 49.1 Å². The maximum atomic E-state index is 13.6. The van der Waals surface area contributed by atoms with Crippen LogP contribution in [0.1, 0.15) is 41.2 Å². The van der Waals surface area contributed by atoms with Crippen molar-refractivity contribution < 1.29 is 8.78 Å². The third-order valence-electron chi connectivity index (χ3n) is 5.10. The van der Waals surface area contributed by atoms with Crippen molar-refractivity contribution >= 4 is 11.6 Å². The van der Waals surface area contributed by atoms with E-state index in [1.54, 1.807) is 0 Å². The number of hydrogen-bond acceptors (Lipinski definition) is 0. The van der Waals surface area contributed by atoms with Crippen molar-refractivity contribution in [2.45, 2.75) is 32.6 Å². The fourth-order valence-corrected chi connectivity index (χ4v) is 3.85. The molecule has 0 bridgehead atoms. The van der Waals surface area contributed by atoms with E-state index in [4.69, 9.17) is 11.6 Å². The van der Waals surface area contributed by atoms with Gasteiger partial charge >= 0.3 is 0 Å². The van der Waals surface area contributed by atoms with Crippen LogP contribution in [-0.4, -0.2) is 0 Å². The van der Waals surface area contributed by atoms with E-state index in [1.807, 2.05) is 6.07 Å². The molecule has 140 valence electrons. The molecule has 3 aromatic carbocycles. The van der Waals surface area contributed by atoms with Crippen LogP contribution >= 0.6 is 11.6 Å². The molecule has 0 amide bonds. The Labute approximate surface area is 169 Å². The normalized spacial score (nSPS) is 12.0. The van der Waals surface area contributed by atoms with Crippen LogP contribution in [0, 0.1) is 23.5 Å². The highest BCUT2D eigenvalue weighted by atomic mass is 35.5. The summed E-state index contributed by atoms with van der Waals surface area (Å²) >= 11 is 5.52. The first-order valence-corrected chi connectivity index (χ1v) is 9.84. The molecule has 0 atom stereocenters. The summed E-state index contributed by atoms with van der Waals surface area (Å²) in [7, 11) is 0. The third kappa shape index (κ3) is 3.68. The molecule has 0 spiro atoms. The van der Waals surface area contributed by atoms with Gasteiger partial charge in [-0.2, -0.15) is 0 Å². The zero-order valence-corrected chi connectivity index (χ0v) is 16.3. The van der Waals surface area contributed by atoms with Crippen molar-refractivity contribution in [3.05, 3.63) is 93.0 Å². The molecule has 1 aliphatic carbocycles. The lowest BCUT2D eigenvalue weighted by Crippen LogP contribution is -2.05. The highest BCUT2D eigenvalue weighted by molar-refractivity contribution is 6.30. The van der Waals surface area contributed by atoms with Crippen molar-refractivity contribution in [2.24, 2.45) is 0 Å². The van der Waals surface area contributed by atoms with E-state index in [0.29, 0.717) is 0 Å². The Balaban J connectivity index is 1.64. The topological polar surface area (TPSA) is 0 Å². The average Bonchev–Trinajstić information content (AvgIpc) is 2.70. The average molecular weight is 393 g/mol. The lowest BCUT2D eigenvalue weighted by Gasteiger charge is -2.21. The Kier molecular flexibility index (Phi) is 5.20. The van der Waals surface area contributed by atoms with Crippen molar-refractivity contribution in [1.29, 1.82) is 0 Å². The quantitative estimate of drug-likeness (QED) is 0.335. The Morgan fingerprint density at radius 3 is 2.11 bits per heavy atom. The second-order valence-corrected chi connectivity index (χ2v) is 7.50. The van der Waals surface area contributed by atoms with Crippen LogP contribution in [0.2, 0.25) is 5.02 Å². The first-order chi connectivity index (χ1) is 13.5. The summed E-state index contributed by atoms with van der Waals surface area (Å²) in [4.78, 5) is 0. The predicted octanol–water partition coefficient (Wildman–Crippen LogP) is 6.74. The standard InChI is InChI=1S/C25H19ClF2/c1-2-3-16-6-10-21-19(12-16)8-9-20-13-17(7-11-22(20)21)4-5-18-14-23(27)25(26)24(28)15-18/h6-7,10-15H,2-3,8-9H2,1H3. The SMILES string of the molecule is CCCc1ccc2c(c1)CCc1cc(C#Cc3cc(F)c(Cl)c(F)c3)ccc1-2. The van der Waals surface area contributed by atoms with Gasteiger partial charge < -0.3 is 0 Å². The molecule has 0 aromatic heterocycles. The molecule has 0 unspecified atom stereocenters. The number of fused-ring (bicyclic) bond motifs is 3. The molecule has 0 saturated heterocycles. The van der Waals surface area contributed by atoms with Gasteiger partial charge in [0.2, 0.25) is 0 Å². The maximum Gasteiger partial charge on any atom is 0.146 e. The molecule has 3 aromatic rings. The van der Waals surface area contributed by atoms with Gasteiger partial charge in [-0.1, -0.05) is 61.1 Å². The molecular formula is C25H19ClF2. The molecule has 3 heteroatoms. The van der Waals surface area contributed by atoms with E-state index >= 15 is 0 Å². The van der Waals surface area contributed by atoms with E-state index in [1.165, 1.54) is 27.8 Å². The molecule has 0 radical (unpaired) electrons. The molecule has 1 aliphatic rings. The van der Waals surface area contributed by atoms with Crippen molar-refractivity contribution in [3.8, 4) is 23.0 Å². The molecule has 0 heterocycles. The first-order valence-electron chi connectivity index (χ1n) is 9.47. The molecule has 0 aliphatic heterocycles. The van der Waals surface area contributed by atoms with Crippen LogP contribution in [0.5, 0.6) is 0 Å². The Morgan fingerprint density at radius 1 is 0.821 bits per heavy atom. The van der Waals surface area contributed by atoms with Gasteiger partial charge in [-0.05, 0) is 71.3 Å². The van der Waals surface area contributed by atoms with Gasteiger partial charge in [-0.3, -0.25) is 0 Å². The van der Waals surface area contributed by atoms with Gasteiger partial charge in [0, 0.05) is 11.1 Å². The highest BCUT2D eigenvalue weighted by Crippen LogP contribution is 2.34. The van der Waals surface area contributed by atoms with Crippen LogP contribution in [0.4, 0.5) is 8.78 Å². The maximum absolute atomic E-state index is 13.6. The molecule has 28 heavy (non-hydrogen) atoms. The van der Waals surface area contributed by atoms with Gasteiger partial charge in [0.15, 0.2) is 0 Å². The van der Waals surface area contributed by atoms with Crippen LogP contribution < -0.4 is 0 Å². The molecule has 0 fully saturated rings. The van der Waals surface area contributed by atoms with E-state index in [0.717, 1.165) is 43.4 Å². The van der Waals surface area contributed by atoms with E-state index in [-0.39, 0.29) is 5.56 Å². The van der Waals surface area contributed by atoms with Gasteiger partial charge in [0.05, 0.1) is 0 Å². The number of aryl methyl sites for hydroxylation is 3. The van der Waals surface area contributed by atoms with Gasteiger partial charge in [0.1, 0.15) is 16.7 Å². The first kappa shape index (κ1) is 18.7. The number of benzene rings is 3. The second-order valence-electron chi connectivity index (χ2n) is 7.12. The number of rotatable bonds is 2. The Morgan fingerprint density at radius 2 is 1.43 bits per heavy atom. The van der Waals surface area contributed by atoms with Crippen LogP contribution in [0.15, 0.2) is 48.5 Å². The van der Waals surface area contributed by atoms with Crippen molar-refractivity contribution in [1.82, 2.24) is 0 Å². The fourth-order valence-electron chi connectivity index (χ4n) is 3.74. The predicted molar refractivity (Wildman–Crippen MR) is 111 cm³/mol. The van der Waals surface area contributed by atoms with Crippen molar-refractivity contribution in [2.75, 3.05) is 0 Å². The zero-order chi connectivity index (χ0) is 19.7. The summed E-state index contributed by atoms with van der Waals surface area (Å²) in [5.41, 5.74) is 7.71. The van der Waals surface area contributed by atoms with Crippen LogP contribution in [0.25, 0.3) is 11.1 Å². The third-order valence-corrected chi connectivity index (χ3v) is 5.46. The number of halogens is 3. The summed E-state index contributed by atoms with van der Waals surface area (Å²) in [5.74, 6) is 4.25. The minimum Gasteiger partial charge on any atom is -0.205 e. The summed E-state index contributed by atoms with van der Waals surface area (Å²) in [5, 5.41) is -0.500. The number of hydrogen-bond donors (Lipinski definition) is 0. The highest BCUT2D eigenvalue weighted by Gasteiger charge is 2.16. The van der Waals surface area contributed by atoms with Crippen molar-refractivity contribution in [3.63, 3.8) is 0 Å². The Bertz CT molecular complexity index is 1100. The zero-order valence-electron chi connectivity index (χ0n) is 15.6. The largest absolute Gasteiger partial charge is 0.205 e. The molecule has 4 rings (SSSR count). The molecule has 0 saturated carbocycles. The minimum atomic E-state index is -0.796. The fraction of sp³-hybridized carbons (Fsp3) is 0.200. The van der Waals surface area contributed by atoms with Crippen LogP contribution in [0.3, 0.4) is 0 Å².